The number of hydrogen-bond donors (Lipinski definition) is 3. The molecule has 0 atom stereocenters. The van der Waals surface area contributed by atoms with Gasteiger partial charge in [0.2, 0.25) is 11.9 Å². The number of hydrogen-bond acceptors (Lipinski definition) is 9. The maximum absolute atomic E-state index is 14.9. The number of amides is 1. The highest BCUT2D eigenvalue weighted by atomic mass is 32.2. The second-order valence-corrected chi connectivity index (χ2v) is 12.8. The van der Waals surface area contributed by atoms with E-state index >= 15 is 0 Å². The van der Waals surface area contributed by atoms with Crippen molar-refractivity contribution in [3.63, 3.8) is 0 Å². The first kappa shape index (κ1) is 28.6. The largest absolute Gasteiger partial charge is 0.357 e. The summed E-state index contributed by atoms with van der Waals surface area (Å²) in [5, 5.41) is 6.59. The Labute approximate surface area is 238 Å². The molecule has 1 amide bonds. The molecule has 1 fully saturated rings. The van der Waals surface area contributed by atoms with Gasteiger partial charge in [0.25, 0.3) is 0 Å². The summed E-state index contributed by atoms with van der Waals surface area (Å²) in [7, 11) is -1.68. The van der Waals surface area contributed by atoms with Gasteiger partial charge in [-0.3, -0.25) is 9.69 Å². The van der Waals surface area contributed by atoms with E-state index in [4.69, 9.17) is 0 Å². The van der Waals surface area contributed by atoms with E-state index in [9.17, 15) is 17.6 Å². The number of aryl methyl sites for hydroxylation is 1. The summed E-state index contributed by atoms with van der Waals surface area (Å²) < 4.78 is 38.8. The van der Waals surface area contributed by atoms with Crippen LogP contribution in [0, 0.1) is 12.7 Å². The van der Waals surface area contributed by atoms with Crippen molar-refractivity contribution in [2.75, 3.05) is 50.1 Å². The van der Waals surface area contributed by atoms with E-state index in [1.807, 2.05) is 26.8 Å². The van der Waals surface area contributed by atoms with Crippen molar-refractivity contribution in [1.82, 2.24) is 29.7 Å². The molecule has 4 heterocycles. The lowest BCUT2D eigenvalue weighted by atomic mass is 10.00. The van der Waals surface area contributed by atoms with Crippen molar-refractivity contribution in [2.24, 2.45) is 0 Å². The van der Waals surface area contributed by atoms with Gasteiger partial charge in [0.1, 0.15) is 4.90 Å². The second-order valence-electron chi connectivity index (χ2n) is 10.8. The summed E-state index contributed by atoms with van der Waals surface area (Å²) in [6.07, 6.45) is 5.95. The lowest BCUT2D eigenvalue weighted by Gasteiger charge is -2.41. The van der Waals surface area contributed by atoms with Gasteiger partial charge in [0.15, 0.2) is 21.5 Å². The highest BCUT2D eigenvalue weighted by Gasteiger charge is 2.36. The SMILES string of the molecule is Cc1cnc(Nc2cccc(S(C)(=O)=O)c2F)nc1-c1c[nH]c2c(NC(=O)C(C)(C)N3CCN(C)CC3)nccc12. The lowest BCUT2D eigenvalue weighted by molar-refractivity contribution is -0.127. The molecule has 0 aliphatic carbocycles. The molecule has 11 nitrogen and oxygen atoms in total. The fourth-order valence-electron chi connectivity index (χ4n) is 4.90. The van der Waals surface area contributed by atoms with Crippen LogP contribution < -0.4 is 10.6 Å². The number of fused-ring (bicyclic) bond motifs is 1. The number of aromatic amines is 1. The number of halogens is 1. The van der Waals surface area contributed by atoms with Crippen molar-refractivity contribution < 1.29 is 17.6 Å². The van der Waals surface area contributed by atoms with E-state index in [1.54, 1.807) is 18.6 Å². The molecule has 1 aromatic carbocycles. The van der Waals surface area contributed by atoms with Crippen LogP contribution in [0.2, 0.25) is 0 Å². The summed E-state index contributed by atoms with van der Waals surface area (Å²) in [6.45, 7) is 9.08. The number of sulfone groups is 1. The Morgan fingerprint density at radius 3 is 2.56 bits per heavy atom. The summed E-state index contributed by atoms with van der Waals surface area (Å²) in [4.78, 5) is 33.9. The average Bonchev–Trinajstić information content (AvgIpc) is 3.35. The molecule has 5 rings (SSSR count). The Balaban J connectivity index is 1.44. The third kappa shape index (κ3) is 5.65. The van der Waals surface area contributed by atoms with Gasteiger partial charge in [0.05, 0.1) is 22.4 Å². The van der Waals surface area contributed by atoms with E-state index in [2.05, 4.69) is 47.4 Å². The lowest BCUT2D eigenvalue weighted by Crippen LogP contribution is -2.58. The molecule has 0 spiro atoms. The van der Waals surface area contributed by atoms with Crippen molar-refractivity contribution in [3.05, 3.63) is 54.2 Å². The van der Waals surface area contributed by atoms with E-state index in [0.717, 1.165) is 48.9 Å². The van der Waals surface area contributed by atoms with Gasteiger partial charge in [-0.25, -0.2) is 27.8 Å². The maximum Gasteiger partial charge on any atom is 0.245 e. The minimum absolute atomic E-state index is 0.0566. The molecule has 1 aliphatic rings. The number of likely N-dealkylation sites (N-methyl/N-ethyl adjacent to an activating group) is 1. The third-order valence-corrected chi connectivity index (χ3v) is 8.63. The number of carbonyl (C=O) groups is 1. The van der Waals surface area contributed by atoms with Crippen LogP contribution >= 0.6 is 0 Å². The van der Waals surface area contributed by atoms with Crippen molar-refractivity contribution in [1.29, 1.82) is 0 Å². The predicted octanol–water partition coefficient (Wildman–Crippen LogP) is 3.58. The molecule has 0 bridgehead atoms. The number of aromatic nitrogens is 4. The molecule has 13 heteroatoms. The van der Waals surface area contributed by atoms with Gasteiger partial charge in [-0.1, -0.05) is 6.07 Å². The van der Waals surface area contributed by atoms with Crippen molar-refractivity contribution in [3.8, 4) is 11.3 Å². The number of nitrogens with one attached hydrogen (secondary N) is 3. The second kappa shape index (κ2) is 10.8. The normalized spacial score (nSPS) is 15.3. The summed E-state index contributed by atoms with van der Waals surface area (Å²) >= 11 is 0. The fraction of sp³-hybridized carbons (Fsp3) is 0.357. The third-order valence-electron chi connectivity index (χ3n) is 7.52. The van der Waals surface area contributed by atoms with Crippen molar-refractivity contribution in [2.45, 2.75) is 31.2 Å². The van der Waals surface area contributed by atoms with Crippen LogP contribution in [-0.2, 0) is 14.6 Å². The Kier molecular flexibility index (Phi) is 7.53. The zero-order chi connectivity index (χ0) is 29.5. The molecule has 41 heavy (non-hydrogen) atoms. The standard InChI is InChI=1S/C28H33FN8O3S/c1-17-15-32-27(33-20-7-6-8-21(22(20)29)41(5,39)40)34-23(17)19-16-31-24-18(19)9-10-30-25(24)35-26(38)28(2,3)37-13-11-36(4)12-14-37/h6-10,15-16,31H,11-14H2,1-5H3,(H,30,35,38)(H,32,33,34). The fourth-order valence-corrected chi connectivity index (χ4v) is 5.67. The van der Waals surface area contributed by atoms with Crippen LogP contribution in [-0.4, -0.2) is 89.1 Å². The van der Waals surface area contributed by atoms with E-state index in [1.165, 1.54) is 18.2 Å². The maximum atomic E-state index is 14.9. The first-order valence-electron chi connectivity index (χ1n) is 13.2. The summed E-state index contributed by atoms with van der Waals surface area (Å²) in [5.41, 5.74) is 1.94. The molecule has 1 aliphatic heterocycles. The van der Waals surface area contributed by atoms with Gasteiger partial charge in [-0.15, -0.1) is 0 Å². The average molecular weight is 581 g/mol. The molecular formula is C28H33FN8O3S. The van der Waals surface area contributed by atoms with E-state index < -0.39 is 26.1 Å². The smallest absolute Gasteiger partial charge is 0.245 e. The molecule has 3 aromatic heterocycles. The van der Waals surface area contributed by atoms with Crippen LogP contribution in [0.4, 0.5) is 21.8 Å². The number of pyridine rings is 1. The zero-order valence-electron chi connectivity index (χ0n) is 23.6. The molecule has 216 valence electrons. The van der Waals surface area contributed by atoms with Crippen molar-refractivity contribution >= 4 is 44.1 Å². The molecule has 3 N–H and O–H groups in total. The van der Waals surface area contributed by atoms with E-state index in [0.29, 0.717) is 17.0 Å². The monoisotopic (exact) mass is 580 g/mol. The number of benzene rings is 1. The minimum atomic E-state index is -3.75. The summed E-state index contributed by atoms with van der Waals surface area (Å²) in [6, 6.07) is 5.90. The number of H-pyrrole nitrogens is 1. The molecule has 0 radical (unpaired) electrons. The van der Waals surface area contributed by atoms with Crippen LogP contribution in [0.15, 0.2) is 47.8 Å². The molecule has 1 saturated heterocycles. The highest BCUT2D eigenvalue weighted by molar-refractivity contribution is 7.90. The van der Waals surface area contributed by atoms with Gasteiger partial charge in [-0.2, -0.15) is 0 Å². The first-order chi connectivity index (χ1) is 19.4. The van der Waals surface area contributed by atoms with Crippen LogP contribution in [0.3, 0.4) is 0 Å². The Bertz CT molecular complexity index is 1730. The Morgan fingerprint density at radius 1 is 1.12 bits per heavy atom. The molecular weight excluding hydrogens is 547 g/mol. The molecule has 0 unspecified atom stereocenters. The van der Waals surface area contributed by atoms with Gasteiger partial charge >= 0.3 is 0 Å². The van der Waals surface area contributed by atoms with Crippen LogP contribution in [0.5, 0.6) is 0 Å². The number of anilines is 3. The zero-order valence-corrected chi connectivity index (χ0v) is 24.4. The Morgan fingerprint density at radius 2 is 1.85 bits per heavy atom. The van der Waals surface area contributed by atoms with Crippen LogP contribution in [0.1, 0.15) is 19.4 Å². The molecule has 0 saturated carbocycles. The van der Waals surface area contributed by atoms with E-state index in [-0.39, 0.29) is 17.5 Å². The first-order valence-corrected chi connectivity index (χ1v) is 15.1. The number of piperazine rings is 1. The number of carbonyl (C=O) groups excluding carboxylic acids is 1. The number of rotatable bonds is 7. The quantitative estimate of drug-likeness (QED) is 0.300. The van der Waals surface area contributed by atoms with Crippen LogP contribution in [0.25, 0.3) is 22.2 Å². The highest BCUT2D eigenvalue weighted by Crippen LogP contribution is 2.33. The minimum Gasteiger partial charge on any atom is -0.357 e. The Hall–Kier alpha value is -3.94. The summed E-state index contributed by atoms with van der Waals surface area (Å²) in [5.74, 6) is -0.549. The van der Waals surface area contributed by atoms with Gasteiger partial charge in [0, 0.05) is 62.0 Å². The topological polar surface area (TPSA) is 136 Å². The van der Waals surface area contributed by atoms with Gasteiger partial charge < -0.3 is 20.5 Å². The molecule has 4 aromatic rings. The predicted molar refractivity (Wildman–Crippen MR) is 156 cm³/mol. The number of nitrogens with zero attached hydrogens (tertiary/aromatic N) is 5. The van der Waals surface area contributed by atoms with Gasteiger partial charge in [-0.05, 0) is 51.6 Å².